The Balaban J connectivity index is 1.94. The molecule has 0 spiro atoms. The lowest BCUT2D eigenvalue weighted by Gasteiger charge is -2.27. The second-order valence-electron chi connectivity index (χ2n) is 6.14. The van der Waals surface area contributed by atoms with Crippen LogP contribution in [0.5, 0.6) is 5.75 Å². The van der Waals surface area contributed by atoms with Gasteiger partial charge in [0.1, 0.15) is 29.9 Å². The number of ether oxygens (including phenoxy) is 2. The van der Waals surface area contributed by atoms with Crippen LogP contribution in [-0.4, -0.2) is 30.1 Å². The second-order valence-corrected chi connectivity index (χ2v) is 6.14. The maximum Gasteiger partial charge on any atom is 0.338 e. The van der Waals surface area contributed by atoms with Gasteiger partial charge in [-0.15, -0.1) is 0 Å². The first-order chi connectivity index (χ1) is 13.9. The minimum atomic E-state index is -0.861. The van der Waals surface area contributed by atoms with Gasteiger partial charge >= 0.3 is 12.0 Å². The second kappa shape index (κ2) is 8.46. The third-order valence-corrected chi connectivity index (χ3v) is 4.11. The normalized spacial score (nSPS) is 16.1. The molecule has 0 bridgehead atoms. The van der Waals surface area contributed by atoms with Crippen molar-refractivity contribution in [3.63, 3.8) is 0 Å². The number of benzene rings is 1. The van der Waals surface area contributed by atoms with Crippen LogP contribution in [0.3, 0.4) is 0 Å². The zero-order chi connectivity index (χ0) is 21.0. The van der Waals surface area contributed by atoms with Gasteiger partial charge < -0.3 is 24.5 Å². The fraction of sp³-hybridized carbons (Fsp3) is 0.263. The molecule has 0 aliphatic carbocycles. The molecule has 10 heteroatoms. The number of hydrogen-bond donors (Lipinski definition) is 2. The Morgan fingerprint density at radius 2 is 2.10 bits per heavy atom. The van der Waals surface area contributed by atoms with Gasteiger partial charge in [0.15, 0.2) is 0 Å². The standard InChI is InChI=1S/C19H19N3O7/c1-3-27-18(23)16-14(10-28-13-6-4-5-12(9-13)22(25)26)20-19(24)21-17(16)15-8-7-11(2)29-15/h4-9,17H,3,10H2,1-2H3,(H2,20,21,24)/t17-/m0/s1. The Morgan fingerprint density at radius 1 is 1.31 bits per heavy atom. The molecular weight excluding hydrogens is 382 g/mol. The first-order valence-corrected chi connectivity index (χ1v) is 8.80. The Hall–Kier alpha value is -3.82. The van der Waals surface area contributed by atoms with E-state index in [1.54, 1.807) is 26.0 Å². The highest BCUT2D eigenvalue weighted by Gasteiger charge is 2.35. The third-order valence-electron chi connectivity index (χ3n) is 4.11. The average Bonchev–Trinajstić information content (AvgIpc) is 3.12. The van der Waals surface area contributed by atoms with E-state index in [4.69, 9.17) is 13.9 Å². The molecule has 0 saturated heterocycles. The van der Waals surface area contributed by atoms with Crippen LogP contribution < -0.4 is 15.4 Å². The average molecular weight is 401 g/mol. The van der Waals surface area contributed by atoms with Crippen molar-refractivity contribution in [2.45, 2.75) is 19.9 Å². The SMILES string of the molecule is CCOC(=O)C1=C(COc2cccc([N+](=O)[O-])c2)NC(=O)N[C@H]1c1ccc(C)o1. The predicted octanol–water partition coefficient (Wildman–Crippen LogP) is 2.75. The summed E-state index contributed by atoms with van der Waals surface area (Å²) in [6.45, 7) is 3.34. The molecule has 2 N–H and O–H groups in total. The molecule has 1 aliphatic heterocycles. The van der Waals surface area contributed by atoms with E-state index in [1.165, 1.54) is 24.3 Å². The van der Waals surface area contributed by atoms with Gasteiger partial charge in [0.25, 0.3) is 5.69 Å². The number of carbonyl (C=O) groups excluding carboxylic acids is 2. The number of carbonyl (C=O) groups is 2. The topological polar surface area (TPSA) is 133 Å². The molecule has 0 radical (unpaired) electrons. The van der Waals surface area contributed by atoms with E-state index in [2.05, 4.69) is 10.6 Å². The van der Waals surface area contributed by atoms with Crippen molar-refractivity contribution in [3.05, 3.63) is 69.3 Å². The molecule has 2 heterocycles. The summed E-state index contributed by atoms with van der Waals surface area (Å²) in [5, 5.41) is 16.1. The van der Waals surface area contributed by atoms with Crippen LogP contribution >= 0.6 is 0 Å². The van der Waals surface area contributed by atoms with Gasteiger partial charge in [-0.25, -0.2) is 9.59 Å². The monoisotopic (exact) mass is 401 g/mol. The largest absolute Gasteiger partial charge is 0.487 e. The molecule has 1 aliphatic rings. The van der Waals surface area contributed by atoms with Crippen molar-refractivity contribution in [1.82, 2.24) is 10.6 Å². The van der Waals surface area contributed by atoms with Gasteiger partial charge in [-0.2, -0.15) is 0 Å². The number of aryl methyl sites for hydroxylation is 1. The van der Waals surface area contributed by atoms with Crippen molar-refractivity contribution >= 4 is 17.7 Å². The smallest absolute Gasteiger partial charge is 0.338 e. The van der Waals surface area contributed by atoms with E-state index in [0.717, 1.165) is 0 Å². The zero-order valence-corrected chi connectivity index (χ0v) is 15.8. The van der Waals surface area contributed by atoms with Crippen LogP contribution in [-0.2, 0) is 9.53 Å². The van der Waals surface area contributed by atoms with Gasteiger partial charge in [0, 0.05) is 6.07 Å². The Morgan fingerprint density at radius 3 is 2.76 bits per heavy atom. The summed E-state index contributed by atoms with van der Waals surface area (Å²) >= 11 is 0. The molecule has 0 fully saturated rings. The Kier molecular flexibility index (Phi) is 5.82. The maximum atomic E-state index is 12.6. The third kappa shape index (κ3) is 4.54. The van der Waals surface area contributed by atoms with Gasteiger partial charge in [0.05, 0.1) is 28.9 Å². The van der Waals surface area contributed by atoms with Crippen LogP contribution in [0.25, 0.3) is 0 Å². The summed E-state index contributed by atoms with van der Waals surface area (Å²) in [4.78, 5) is 35.1. The first-order valence-electron chi connectivity index (χ1n) is 8.80. The highest BCUT2D eigenvalue weighted by molar-refractivity contribution is 5.95. The first kappa shape index (κ1) is 19.9. The van der Waals surface area contributed by atoms with E-state index < -0.39 is 23.0 Å². The van der Waals surface area contributed by atoms with Crippen LogP contribution in [0.15, 0.2) is 52.1 Å². The molecule has 0 saturated carbocycles. The minimum absolute atomic E-state index is 0.131. The van der Waals surface area contributed by atoms with E-state index in [1.807, 2.05) is 0 Å². The molecule has 2 amide bonds. The Bertz CT molecular complexity index is 980. The number of furan rings is 1. The lowest BCUT2D eigenvalue weighted by atomic mass is 10.0. The molecule has 3 rings (SSSR count). The lowest BCUT2D eigenvalue weighted by Crippen LogP contribution is -2.47. The molecule has 1 aromatic heterocycles. The quantitative estimate of drug-likeness (QED) is 0.414. The van der Waals surface area contributed by atoms with Crippen LogP contribution in [0, 0.1) is 17.0 Å². The number of hydrogen-bond acceptors (Lipinski definition) is 7. The fourth-order valence-corrected chi connectivity index (χ4v) is 2.85. The van der Waals surface area contributed by atoms with Crippen molar-refractivity contribution in [3.8, 4) is 5.75 Å². The van der Waals surface area contributed by atoms with Gasteiger partial charge in [-0.1, -0.05) is 6.07 Å². The summed E-state index contributed by atoms with van der Waals surface area (Å²) in [5.74, 6) is 0.559. The lowest BCUT2D eigenvalue weighted by molar-refractivity contribution is -0.384. The van der Waals surface area contributed by atoms with Crippen LogP contribution in [0.2, 0.25) is 0 Å². The van der Waals surface area contributed by atoms with E-state index in [9.17, 15) is 19.7 Å². The number of nitro benzene ring substituents is 1. The summed E-state index contributed by atoms with van der Waals surface area (Å²) in [5.41, 5.74) is 0.171. The minimum Gasteiger partial charge on any atom is -0.487 e. The van der Waals surface area contributed by atoms with Crippen molar-refractivity contribution in [2.24, 2.45) is 0 Å². The van der Waals surface area contributed by atoms with E-state index >= 15 is 0 Å². The summed E-state index contributed by atoms with van der Waals surface area (Å²) in [6.07, 6.45) is 0. The molecule has 0 unspecified atom stereocenters. The molecule has 2 aromatic rings. The molecule has 10 nitrogen and oxygen atoms in total. The summed E-state index contributed by atoms with van der Waals surface area (Å²) in [6, 6.07) is 7.56. The number of nitro groups is 1. The highest BCUT2D eigenvalue weighted by atomic mass is 16.6. The number of amides is 2. The number of nitrogens with zero attached hydrogens (tertiary/aromatic N) is 1. The fourth-order valence-electron chi connectivity index (χ4n) is 2.85. The molecule has 1 atom stereocenters. The van der Waals surface area contributed by atoms with E-state index in [-0.39, 0.29) is 35.9 Å². The summed E-state index contributed by atoms with van der Waals surface area (Å²) in [7, 11) is 0. The number of non-ortho nitro benzene ring substituents is 1. The molecule has 1 aromatic carbocycles. The number of nitrogens with one attached hydrogen (secondary N) is 2. The number of urea groups is 1. The Labute approximate surface area is 165 Å². The summed E-state index contributed by atoms with van der Waals surface area (Å²) < 4.78 is 16.3. The van der Waals surface area contributed by atoms with Gasteiger partial charge in [-0.05, 0) is 32.0 Å². The molecular formula is C19H19N3O7. The predicted molar refractivity (Wildman–Crippen MR) is 100 cm³/mol. The van der Waals surface area contributed by atoms with Crippen molar-refractivity contribution < 1.29 is 28.4 Å². The van der Waals surface area contributed by atoms with Crippen LogP contribution in [0.1, 0.15) is 24.5 Å². The van der Waals surface area contributed by atoms with Crippen LogP contribution in [0.4, 0.5) is 10.5 Å². The van der Waals surface area contributed by atoms with E-state index in [0.29, 0.717) is 11.5 Å². The zero-order valence-electron chi connectivity index (χ0n) is 15.8. The van der Waals surface area contributed by atoms with Crippen molar-refractivity contribution in [2.75, 3.05) is 13.2 Å². The number of rotatable bonds is 7. The number of esters is 1. The van der Waals surface area contributed by atoms with Gasteiger partial charge in [-0.3, -0.25) is 10.1 Å². The van der Waals surface area contributed by atoms with Crippen molar-refractivity contribution in [1.29, 1.82) is 0 Å². The molecule has 152 valence electrons. The molecule has 29 heavy (non-hydrogen) atoms. The maximum absolute atomic E-state index is 12.6. The highest BCUT2D eigenvalue weighted by Crippen LogP contribution is 2.29. The van der Waals surface area contributed by atoms with Gasteiger partial charge in [0.2, 0.25) is 0 Å².